The molecule has 0 spiro atoms. The highest BCUT2D eigenvalue weighted by molar-refractivity contribution is 5.86. The predicted molar refractivity (Wildman–Crippen MR) is 54.6 cm³/mol. The van der Waals surface area contributed by atoms with Gasteiger partial charge in [0, 0.05) is 29.9 Å². The highest BCUT2D eigenvalue weighted by Crippen LogP contribution is 2.45. The minimum Gasteiger partial charge on any atom is -0.496 e. The molecule has 3 rings (SSSR count). The summed E-state index contributed by atoms with van der Waals surface area (Å²) in [6, 6.07) is 3.82. The number of hydrogen-bond acceptors (Lipinski definition) is 3. The van der Waals surface area contributed by atoms with Crippen LogP contribution in [-0.2, 0) is 11.2 Å². The number of Topliss-reactive ketones (excluding diaryl/α,β-unsaturated/α-hetero) is 1. The van der Waals surface area contributed by atoms with Crippen LogP contribution < -0.4 is 9.47 Å². The highest BCUT2D eigenvalue weighted by Gasteiger charge is 2.35. The molecule has 0 fully saturated rings. The number of benzene rings is 1. The van der Waals surface area contributed by atoms with Gasteiger partial charge in [-0.3, -0.25) is 4.79 Å². The van der Waals surface area contributed by atoms with Crippen LogP contribution in [0.5, 0.6) is 11.5 Å². The molecule has 0 N–H and O–H groups in total. The maximum absolute atomic E-state index is 11.6. The fourth-order valence-corrected chi connectivity index (χ4v) is 2.55. The number of ketones is 1. The average molecular weight is 204 g/mol. The molecular weight excluding hydrogens is 192 g/mol. The number of methoxy groups -OCH3 is 1. The van der Waals surface area contributed by atoms with E-state index in [1.54, 1.807) is 7.11 Å². The molecule has 1 aromatic carbocycles. The van der Waals surface area contributed by atoms with Gasteiger partial charge in [0.1, 0.15) is 17.3 Å². The molecule has 15 heavy (non-hydrogen) atoms. The normalized spacial score (nSPS) is 22.2. The lowest BCUT2D eigenvalue weighted by atomic mass is 9.83. The fraction of sp³-hybridized carbons (Fsp3) is 0.417. The van der Waals surface area contributed by atoms with Gasteiger partial charge in [0.2, 0.25) is 0 Å². The molecule has 78 valence electrons. The van der Waals surface area contributed by atoms with Crippen LogP contribution in [0.2, 0.25) is 0 Å². The second-order valence-corrected chi connectivity index (χ2v) is 4.09. The maximum Gasteiger partial charge on any atom is 0.138 e. The molecule has 1 aliphatic heterocycles. The number of carbonyl (C=O) groups is 1. The van der Waals surface area contributed by atoms with Crippen LogP contribution in [0.1, 0.15) is 23.5 Å². The van der Waals surface area contributed by atoms with Crippen LogP contribution in [0.3, 0.4) is 0 Å². The van der Waals surface area contributed by atoms with Crippen molar-refractivity contribution in [3.05, 3.63) is 23.3 Å². The zero-order valence-corrected chi connectivity index (χ0v) is 8.58. The summed E-state index contributed by atoms with van der Waals surface area (Å²) in [5.41, 5.74) is 2.24. The summed E-state index contributed by atoms with van der Waals surface area (Å²) in [4.78, 5) is 11.6. The van der Waals surface area contributed by atoms with Crippen molar-refractivity contribution in [1.82, 2.24) is 0 Å². The topological polar surface area (TPSA) is 35.5 Å². The fourth-order valence-electron chi connectivity index (χ4n) is 2.55. The Morgan fingerprint density at radius 2 is 2.33 bits per heavy atom. The Morgan fingerprint density at radius 3 is 3.13 bits per heavy atom. The molecule has 1 unspecified atom stereocenters. The summed E-state index contributed by atoms with van der Waals surface area (Å²) >= 11 is 0. The Balaban J connectivity index is 2.22. The first-order valence-electron chi connectivity index (χ1n) is 5.14. The smallest absolute Gasteiger partial charge is 0.138 e. The molecule has 2 aliphatic rings. The van der Waals surface area contributed by atoms with E-state index in [9.17, 15) is 4.79 Å². The molecule has 1 aliphatic carbocycles. The van der Waals surface area contributed by atoms with Crippen LogP contribution in [0.4, 0.5) is 0 Å². The maximum atomic E-state index is 11.6. The first kappa shape index (κ1) is 8.77. The summed E-state index contributed by atoms with van der Waals surface area (Å²) in [6.45, 7) is 0.640. The quantitative estimate of drug-likeness (QED) is 0.698. The SMILES string of the molecule is COc1ccc2c3c1CC(=O)CC3CO2. The minimum atomic E-state index is 0.256. The number of hydrogen-bond donors (Lipinski definition) is 0. The highest BCUT2D eigenvalue weighted by atomic mass is 16.5. The number of ether oxygens (including phenoxy) is 2. The van der Waals surface area contributed by atoms with E-state index < -0.39 is 0 Å². The number of carbonyl (C=O) groups excluding carboxylic acids is 1. The molecule has 1 atom stereocenters. The average Bonchev–Trinajstić information content (AvgIpc) is 2.63. The molecule has 0 amide bonds. The van der Waals surface area contributed by atoms with E-state index in [0.29, 0.717) is 19.4 Å². The van der Waals surface area contributed by atoms with E-state index in [2.05, 4.69) is 0 Å². The summed E-state index contributed by atoms with van der Waals surface area (Å²) in [5.74, 6) is 2.29. The van der Waals surface area contributed by atoms with Crippen LogP contribution in [0.15, 0.2) is 12.1 Å². The van der Waals surface area contributed by atoms with Crippen molar-refractivity contribution < 1.29 is 14.3 Å². The molecule has 0 radical (unpaired) electrons. The molecule has 3 heteroatoms. The summed E-state index contributed by atoms with van der Waals surface area (Å²) in [5, 5.41) is 0. The van der Waals surface area contributed by atoms with E-state index >= 15 is 0 Å². The van der Waals surface area contributed by atoms with Gasteiger partial charge < -0.3 is 9.47 Å². The Hall–Kier alpha value is -1.51. The predicted octanol–water partition coefficient (Wildman–Crippen LogP) is 1.69. The van der Waals surface area contributed by atoms with Crippen LogP contribution in [-0.4, -0.2) is 19.5 Å². The second-order valence-electron chi connectivity index (χ2n) is 4.09. The van der Waals surface area contributed by atoms with E-state index in [1.165, 1.54) is 5.56 Å². The van der Waals surface area contributed by atoms with Gasteiger partial charge in [0.05, 0.1) is 13.7 Å². The summed E-state index contributed by atoms with van der Waals surface area (Å²) < 4.78 is 10.8. The van der Waals surface area contributed by atoms with Crippen molar-refractivity contribution in [2.75, 3.05) is 13.7 Å². The van der Waals surface area contributed by atoms with Gasteiger partial charge in [0.25, 0.3) is 0 Å². The minimum absolute atomic E-state index is 0.256. The molecule has 0 aromatic heterocycles. The zero-order chi connectivity index (χ0) is 10.4. The van der Waals surface area contributed by atoms with E-state index in [-0.39, 0.29) is 11.7 Å². The third-order valence-electron chi connectivity index (χ3n) is 3.19. The monoisotopic (exact) mass is 204 g/mol. The second kappa shape index (κ2) is 2.99. The lowest BCUT2D eigenvalue weighted by Gasteiger charge is -2.20. The molecule has 0 bridgehead atoms. The largest absolute Gasteiger partial charge is 0.496 e. The van der Waals surface area contributed by atoms with Gasteiger partial charge >= 0.3 is 0 Å². The molecular formula is C12H12O3. The van der Waals surface area contributed by atoms with Crippen molar-refractivity contribution in [3.8, 4) is 11.5 Å². The first-order valence-corrected chi connectivity index (χ1v) is 5.14. The van der Waals surface area contributed by atoms with Gasteiger partial charge in [-0.05, 0) is 12.1 Å². The molecule has 0 saturated carbocycles. The first-order chi connectivity index (χ1) is 7.29. The Labute approximate surface area is 88.0 Å². The van der Waals surface area contributed by atoms with Crippen LogP contribution in [0.25, 0.3) is 0 Å². The molecule has 1 heterocycles. The Morgan fingerprint density at radius 1 is 1.47 bits per heavy atom. The molecule has 3 nitrogen and oxygen atoms in total. The lowest BCUT2D eigenvalue weighted by Crippen LogP contribution is -2.18. The van der Waals surface area contributed by atoms with Gasteiger partial charge in [-0.25, -0.2) is 0 Å². The van der Waals surface area contributed by atoms with Crippen molar-refractivity contribution in [2.45, 2.75) is 18.8 Å². The van der Waals surface area contributed by atoms with Crippen molar-refractivity contribution in [3.63, 3.8) is 0 Å². The third kappa shape index (κ3) is 1.16. The van der Waals surface area contributed by atoms with Gasteiger partial charge in [-0.15, -0.1) is 0 Å². The van der Waals surface area contributed by atoms with Gasteiger partial charge in [-0.1, -0.05) is 0 Å². The van der Waals surface area contributed by atoms with Crippen LogP contribution in [0, 0.1) is 0 Å². The lowest BCUT2D eigenvalue weighted by molar-refractivity contribution is -0.119. The zero-order valence-electron chi connectivity index (χ0n) is 8.58. The van der Waals surface area contributed by atoms with Gasteiger partial charge in [-0.2, -0.15) is 0 Å². The Kier molecular flexibility index (Phi) is 1.75. The summed E-state index contributed by atoms with van der Waals surface area (Å²) in [7, 11) is 1.64. The Bertz CT molecular complexity index is 437. The van der Waals surface area contributed by atoms with Crippen molar-refractivity contribution in [2.24, 2.45) is 0 Å². The van der Waals surface area contributed by atoms with Gasteiger partial charge in [0.15, 0.2) is 0 Å². The summed E-state index contributed by atoms with van der Waals surface area (Å²) in [6.07, 6.45) is 1.11. The van der Waals surface area contributed by atoms with Crippen molar-refractivity contribution in [1.29, 1.82) is 0 Å². The van der Waals surface area contributed by atoms with Crippen molar-refractivity contribution >= 4 is 5.78 Å². The van der Waals surface area contributed by atoms with E-state index in [4.69, 9.17) is 9.47 Å². The molecule has 0 saturated heterocycles. The standard InChI is InChI=1S/C12H12O3/c1-14-10-2-3-11-12-7(6-15-11)4-8(13)5-9(10)12/h2-3,7H,4-6H2,1H3. The molecule has 1 aromatic rings. The van der Waals surface area contributed by atoms with E-state index in [0.717, 1.165) is 17.1 Å². The van der Waals surface area contributed by atoms with E-state index in [1.807, 2.05) is 12.1 Å². The third-order valence-corrected chi connectivity index (χ3v) is 3.19. The number of rotatable bonds is 1. The van der Waals surface area contributed by atoms with Crippen LogP contribution >= 0.6 is 0 Å².